The molecule has 1 aliphatic rings. The molecule has 0 aromatic heterocycles. The highest BCUT2D eigenvalue weighted by molar-refractivity contribution is 5.88. The van der Waals surface area contributed by atoms with Crippen molar-refractivity contribution in [1.82, 2.24) is 16.0 Å². The summed E-state index contributed by atoms with van der Waals surface area (Å²) in [5, 5.41) is 17.3. The lowest BCUT2D eigenvalue weighted by Gasteiger charge is -2.22. The van der Waals surface area contributed by atoms with Crippen LogP contribution < -0.4 is 16.0 Å². The van der Waals surface area contributed by atoms with Gasteiger partial charge in [-0.1, -0.05) is 13.8 Å². The summed E-state index contributed by atoms with van der Waals surface area (Å²) in [7, 11) is 0. The maximum Gasteiger partial charge on any atom is 0.243 e. The molecule has 1 saturated heterocycles. The molecule has 168 valence electrons. The second kappa shape index (κ2) is 11.4. The van der Waals surface area contributed by atoms with Gasteiger partial charge in [-0.2, -0.15) is 5.26 Å². The monoisotopic (exact) mass is 434 g/mol. The van der Waals surface area contributed by atoms with Gasteiger partial charge < -0.3 is 16.0 Å². The van der Waals surface area contributed by atoms with E-state index in [0.29, 0.717) is 24.9 Å². The van der Waals surface area contributed by atoms with Crippen LogP contribution in [0.4, 0.5) is 8.78 Å². The minimum atomic E-state index is -0.856. The Labute approximate surface area is 180 Å². The van der Waals surface area contributed by atoms with Crippen LogP contribution in [0.3, 0.4) is 0 Å². The van der Waals surface area contributed by atoms with Crippen LogP contribution in [-0.2, 0) is 20.8 Å². The normalized spacial score (nSPS) is 17.5. The van der Waals surface area contributed by atoms with Crippen LogP contribution in [0.1, 0.15) is 45.1 Å². The van der Waals surface area contributed by atoms with E-state index in [-0.39, 0.29) is 37.0 Å². The van der Waals surface area contributed by atoms with Gasteiger partial charge >= 0.3 is 0 Å². The van der Waals surface area contributed by atoms with Crippen molar-refractivity contribution in [3.63, 3.8) is 0 Å². The number of aryl methyl sites for hydroxylation is 1. The van der Waals surface area contributed by atoms with Crippen LogP contribution in [0.25, 0.3) is 0 Å². The van der Waals surface area contributed by atoms with Gasteiger partial charge in [0.25, 0.3) is 0 Å². The van der Waals surface area contributed by atoms with Gasteiger partial charge in [0.15, 0.2) is 0 Å². The molecule has 1 aromatic rings. The molecule has 3 N–H and O–H groups in total. The highest BCUT2D eigenvalue weighted by Crippen LogP contribution is 2.16. The molecule has 0 bridgehead atoms. The van der Waals surface area contributed by atoms with E-state index in [1.807, 2.05) is 19.9 Å². The van der Waals surface area contributed by atoms with E-state index in [4.69, 9.17) is 0 Å². The van der Waals surface area contributed by atoms with Crippen LogP contribution in [0.15, 0.2) is 18.2 Å². The number of hydrogen-bond donors (Lipinski definition) is 3. The summed E-state index contributed by atoms with van der Waals surface area (Å²) in [6.07, 6.45) is 1.25. The zero-order valence-electron chi connectivity index (χ0n) is 17.7. The lowest BCUT2D eigenvalue weighted by molar-refractivity contribution is -0.129. The molecule has 1 fully saturated rings. The average molecular weight is 434 g/mol. The van der Waals surface area contributed by atoms with Crippen molar-refractivity contribution < 1.29 is 23.2 Å². The zero-order chi connectivity index (χ0) is 23.0. The molecule has 1 heterocycles. The minimum absolute atomic E-state index is 0.0469. The topological polar surface area (TPSA) is 111 Å². The van der Waals surface area contributed by atoms with Gasteiger partial charge in [-0.15, -0.1) is 0 Å². The molecular formula is C22H28F2N4O3. The number of nitrogens with zero attached hydrogens (tertiary/aromatic N) is 1. The van der Waals surface area contributed by atoms with Crippen LogP contribution in [0.5, 0.6) is 0 Å². The van der Waals surface area contributed by atoms with Crippen molar-refractivity contribution in [2.75, 3.05) is 6.54 Å². The fourth-order valence-corrected chi connectivity index (χ4v) is 3.55. The fraction of sp³-hybridized carbons (Fsp3) is 0.545. The Balaban J connectivity index is 1.94. The van der Waals surface area contributed by atoms with Gasteiger partial charge in [-0.05, 0) is 49.3 Å². The molecule has 1 unspecified atom stereocenters. The average Bonchev–Trinajstić information content (AvgIpc) is 3.08. The predicted octanol–water partition coefficient (Wildman–Crippen LogP) is 1.96. The molecule has 7 nitrogen and oxygen atoms in total. The summed E-state index contributed by atoms with van der Waals surface area (Å²) in [6.45, 7) is 4.34. The summed E-state index contributed by atoms with van der Waals surface area (Å²) in [5.74, 6) is -2.73. The molecule has 9 heteroatoms. The SMILES string of the molecule is CC(C)C[C@H](NC(=O)CCc1cc(F)cc(F)c1)C(=O)NC(C#N)C[C@@H]1CCNC1=O. The smallest absolute Gasteiger partial charge is 0.243 e. The van der Waals surface area contributed by atoms with Crippen LogP contribution >= 0.6 is 0 Å². The second-order valence-corrected chi connectivity index (χ2v) is 8.23. The van der Waals surface area contributed by atoms with E-state index in [1.54, 1.807) is 0 Å². The molecule has 1 aliphatic heterocycles. The maximum absolute atomic E-state index is 13.3. The molecule has 31 heavy (non-hydrogen) atoms. The Bertz CT molecular complexity index is 833. The van der Waals surface area contributed by atoms with Gasteiger partial charge in [-0.25, -0.2) is 8.78 Å². The van der Waals surface area contributed by atoms with Crippen LogP contribution in [0.2, 0.25) is 0 Å². The van der Waals surface area contributed by atoms with Gasteiger partial charge in [0.1, 0.15) is 23.7 Å². The highest BCUT2D eigenvalue weighted by atomic mass is 19.1. The number of nitrogens with one attached hydrogen (secondary N) is 3. The van der Waals surface area contributed by atoms with E-state index < -0.39 is 35.5 Å². The van der Waals surface area contributed by atoms with Gasteiger partial charge in [0.05, 0.1) is 6.07 Å². The molecule has 1 aromatic carbocycles. The first-order chi connectivity index (χ1) is 14.7. The third-order valence-electron chi connectivity index (χ3n) is 5.08. The number of amides is 3. The van der Waals surface area contributed by atoms with Gasteiger partial charge in [-0.3, -0.25) is 14.4 Å². The van der Waals surface area contributed by atoms with Crippen molar-refractivity contribution in [1.29, 1.82) is 5.26 Å². The van der Waals surface area contributed by atoms with E-state index in [0.717, 1.165) is 18.2 Å². The van der Waals surface area contributed by atoms with Gasteiger partial charge in [0, 0.05) is 24.9 Å². The third kappa shape index (κ3) is 7.96. The quantitative estimate of drug-likeness (QED) is 0.523. The van der Waals surface area contributed by atoms with Crippen molar-refractivity contribution in [2.24, 2.45) is 11.8 Å². The highest BCUT2D eigenvalue weighted by Gasteiger charge is 2.30. The number of carbonyl (C=O) groups is 3. The molecule has 0 saturated carbocycles. The largest absolute Gasteiger partial charge is 0.356 e. The molecule has 3 amide bonds. The number of carbonyl (C=O) groups excluding carboxylic acids is 3. The summed E-state index contributed by atoms with van der Waals surface area (Å²) < 4.78 is 26.6. The molecule has 0 radical (unpaired) electrons. The lowest BCUT2D eigenvalue weighted by atomic mass is 9.98. The lowest BCUT2D eigenvalue weighted by Crippen LogP contribution is -2.50. The molecule has 0 aliphatic carbocycles. The molecule has 0 spiro atoms. The third-order valence-corrected chi connectivity index (χ3v) is 5.08. The Kier molecular flexibility index (Phi) is 8.91. The van der Waals surface area contributed by atoms with Crippen molar-refractivity contribution in [3.05, 3.63) is 35.4 Å². The molecular weight excluding hydrogens is 406 g/mol. The number of halogens is 2. The van der Waals surface area contributed by atoms with Crippen molar-refractivity contribution in [3.8, 4) is 6.07 Å². The van der Waals surface area contributed by atoms with Crippen molar-refractivity contribution in [2.45, 2.75) is 58.0 Å². The Morgan fingerprint density at radius 3 is 2.45 bits per heavy atom. The number of hydrogen-bond acceptors (Lipinski definition) is 4. The number of rotatable bonds is 10. The van der Waals surface area contributed by atoms with E-state index in [1.165, 1.54) is 0 Å². The zero-order valence-corrected chi connectivity index (χ0v) is 17.7. The summed E-state index contributed by atoms with van der Waals surface area (Å²) in [4.78, 5) is 36.8. The molecule has 3 atom stereocenters. The minimum Gasteiger partial charge on any atom is -0.356 e. The van der Waals surface area contributed by atoms with E-state index in [2.05, 4.69) is 16.0 Å². The maximum atomic E-state index is 13.3. The first-order valence-corrected chi connectivity index (χ1v) is 10.4. The van der Waals surface area contributed by atoms with E-state index in [9.17, 15) is 28.4 Å². The van der Waals surface area contributed by atoms with Crippen LogP contribution in [0, 0.1) is 34.8 Å². The fourth-order valence-electron chi connectivity index (χ4n) is 3.55. The Morgan fingerprint density at radius 2 is 1.90 bits per heavy atom. The Hall–Kier alpha value is -3.02. The van der Waals surface area contributed by atoms with Crippen LogP contribution in [-0.4, -0.2) is 36.3 Å². The number of nitriles is 1. The first kappa shape index (κ1) is 24.3. The summed E-state index contributed by atoms with van der Waals surface area (Å²) in [6, 6.07) is 3.38. The Morgan fingerprint density at radius 1 is 1.23 bits per heavy atom. The van der Waals surface area contributed by atoms with Gasteiger partial charge in [0.2, 0.25) is 17.7 Å². The first-order valence-electron chi connectivity index (χ1n) is 10.4. The summed E-state index contributed by atoms with van der Waals surface area (Å²) >= 11 is 0. The standard InChI is InChI=1S/C22H28F2N4O3/c1-13(2)7-19(22(31)27-18(12-25)10-15-5-6-26-21(15)30)28-20(29)4-3-14-8-16(23)11-17(24)9-14/h8-9,11,13,15,18-19H,3-7,10H2,1-2H3,(H,26,30)(H,27,31)(H,28,29)/t15-,18?,19-/m0/s1. The van der Waals surface area contributed by atoms with E-state index >= 15 is 0 Å². The second-order valence-electron chi connectivity index (χ2n) is 8.23. The van der Waals surface area contributed by atoms with Crippen molar-refractivity contribution >= 4 is 17.7 Å². The molecule has 2 rings (SSSR count). The summed E-state index contributed by atoms with van der Waals surface area (Å²) in [5.41, 5.74) is 0.344. The predicted molar refractivity (Wildman–Crippen MR) is 109 cm³/mol. The number of benzene rings is 1.